The van der Waals surface area contributed by atoms with Gasteiger partial charge in [0.25, 0.3) is 5.91 Å². The van der Waals surface area contributed by atoms with E-state index in [2.05, 4.69) is 4.98 Å². The molecule has 3 aromatic rings. The molecule has 0 atom stereocenters. The molecule has 6 heteroatoms. The van der Waals surface area contributed by atoms with Crippen molar-refractivity contribution in [3.8, 4) is 0 Å². The van der Waals surface area contributed by atoms with E-state index in [9.17, 15) is 9.59 Å². The van der Waals surface area contributed by atoms with E-state index in [4.69, 9.17) is 4.42 Å². The monoisotopic (exact) mass is 339 g/mol. The van der Waals surface area contributed by atoms with Crippen LogP contribution in [-0.2, 0) is 0 Å². The Bertz CT molecular complexity index is 987. The predicted octanol–water partition coefficient (Wildman–Crippen LogP) is 3.02. The number of aromatic amines is 1. The zero-order valence-corrected chi connectivity index (χ0v) is 14.4. The predicted molar refractivity (Wildman–Crippen MR) is 94.9 cm³/mol. The van der Waals surface area contributed by atoms with Gasteiger partial charge >= 0.3 is 5.69 Å². The molecule has 0 bridgehead atoms. The Morgan fingerprint density at radius 3 is 2.60 bits per heavy atom. The summed E-state index contributed by atoms with van der Waals surface area (Å²) in [6, 6.07) is 9.64. The van der Waals surface area contributed by atoms with Crippen LogP contribution in [0.2, 0.25) is 0 Å². The van der Waals surface area contributed by atoms with Crippen LogP contribution in [-0.4, -0.2) is 33.4 Å². The number of para-hydroxylation sites is 2. The first-order valence-electron chi connectivity index (χ1n) is 8.60. The van der Waals surface area contributed by atoms with E-state index in [0.29, 0.717) is 24.4 Å². The minimum atomic E-state index is -0.0766. The van der Waals surface area contributed by atoms with Crippen LogP contribution >= 0.6 is 0 Å². The molecular formula is C19H21N3O3. The lowest BCUT2D eigenvalue weighted by molar-refractivity contribution is 0.0693. The highest BCUT2D eigenvalue weighted by molar-refractivity contribution is 5.95. The van der Waals surface area contributed by atoms with Crippen molar-refractivity contribution in [2.24, 2.45) is 0 Å². The molecule has 6 nitrogen and oxygen atoms in total. The molecule has 3 heterocycles. The fourth-order valence-electron chi connectivity index (χ4n) is 3.78. The third-order valence-corrected chi connectivity index (χ3v) is 5.01. The highest BCUT2D eigenvalue weighted by Gasteiger charge is 2.28. The van der Waals surface area contributed by atoms with Crippen LogP contribution in [0.4, 0.5) is 0 Å². The largest absolute Gasteiger partial charge is 0.466 e. The maximum absolute atomic E-state index is 12.7. The lowest BCUT2D eigenvalue weighted by Crippen LogP contribution is -2.40. The molecule has 0 spiro atoms. The van der Waals surface area contributed by atoms with E-state index in [1.54, 1.807) is 6.07 Å². The molecule has 1 aliphatic heterocycles. The Labute approximate surface area is 145 Å². The van der Waals surface area contributed by atoms with Gasteiger partial charge < -0.3 is 14.3 Å². The van der Waals surface area contributed by atoms with E-state index < -0.39 is 0 Å². The molecule has 0 unspecified atom stereocenters. The highest BCUT2D eigenvalue weighted by atomic mass is 16.3. The van der Waals surface area contributed by atoms with E-state index in [0.717, 1.165) is 29.6 Å². The number of carbonyl (C=O) groups excluding carboxylic acids is 1. The summed E-state index contributed by atoms with van der Waals surface area (Å²) < 4.78 is 7.31. The first kappa shape index (κ1) is 15.7. The van der Waals surface area contributed by atoms with Crippen molar-refractivity contribution in [3.05, 3.63) is 57.9 Å². The summed E-state index contributed by atoms with van der Waals surface area (Å²) in [6.45, 7) is 4.94. The third-order valence-electron chi connectivity index (χ3n) is 5.01. The number of likely N-dealkylation sites (tertiary alicyclic amines) is 1. The number of hydrogen-bond donors (Lipinski definition) is 1. The van der Waals surface area contributed by atoms with Crippen LogP contribution in [0, 0.1) is 13.8 Å². The second-order valence-electron chi connectivity index (χ2n) is 6.67. The Kier molecular flexibility index (Phi) is 3.75. The zero-order valence-electron chi connectivity index (χ0n) is 14.4. The number of rotatable bonds is 2. The van der Waals surface area contributed by atoms with Crippen molar-refractivity contribution in [3.63, 3.8) is 0 Å². The molecule has 4 rings (SSSR count). The molecular weight excluding hydrogens is 318 g/mol. The Morgan fingerprint density at radius 1 is 1.20 bits per heavy atom. The average molecular weight is 339 g/mol. The van der Waals surface area contributed by atoms with Crippen LogP contribution in [0.15, 0.2) is 39.5 Å². The second-order valence-corrected chi connectivity index (χ2v) is 6.67. The Balaban J connectivity index is 1.53. The summed E-state index contributed by atoms with van der Waals surface area (Å²) >= 11 is 0. The van der Waals surface area contributed by atoms with Gasteiger partial charge in [0.1, 0.15) is 11.5 Å². The summed E-state index contributed by atoms with van der Waals surface area (Å²) in [7, 11) is 0. The number of nitrogens with zero attached hydrogens (tertiary/aromatic N) is 2. The Hall–Kier alpha value is -2.76. The number of nitrogens with one attached hydrogen (secondary N) is 1. The van der Waals surface area contributed by atoms with Gasteiger partial charge in [-0.05, 0) is 44.9 Å². The molecule has 0 aliphatic carbocycles. The lowest BCUT2D eigenvalue weighted by Gasteiger charge is -2.32. The van der Waals surface area contributed by atoms with Gasteiger partial charge in [0.15, 0.2) is 0 Å². The fraction of sp³-hybridized carbons (Fsp3) is 0.368. The minimum absolute atomic E-state index is 0.0130. The number of imidazole rings is 1. The molecule has 1 aliphatic rings. The molecule has 1 fully saturated rings. The van der Waals surface area contributed by atoms with Crippen molar-refractivity contribution in [2.75, 3.05) is 13.1 Å². The van der Waals surface area contributed by atoms with E-state index in [-0.39, 0.29) is 17.6 Å². The summed E-state index contributed by atoms with van der Waals surface area (Å²) in [5.41, 5.74) is 2.35. The fourth-order valence-corrected chi connectivity index (χ4v) is 3.78. The number of piperidine rings is 1. The molecule has 0 saturated carbocycles. The molecule has 130 valence electrons. The molecule has 1 amide bonds. The van der Waals surface area contributed by atoms with Gasteiger partial charge in [-0.3, -0.25) is 9.36 Å². The summed E-state index contributed by atoms with van der Waals surface area (Å²) in [4.78, 5) is 29.8. The number of aryl methyl sites for hydroxylation is 2. The van der Waals surface area contributed by atoms with Crippen molar-refractivity contribution < 1.29 is 9.21 Å². The van der Waals surface area contributed by atoms with Gasteiger partial charge in [-0.15, -0.1) is 0 Å². The molecule has 25 heavy (non-hydrogen) atoms. The molecule has 1 saturated heterocycles. The molecule has 2 aromatic heterocycles. The van der Waals surface area contributed by atoms with Crippen LogP contribution in [0.5, 0.6) is 0 Å². The lowest BCUT2D eigenvalue weighted by atomic mass is 10.0. The van der Waals surface area contributed by atoms with Crippen LogP contribution in [0.3, 0.4) is 0 Å². The van der Waals surface area contributed by atoms with Crippen molar-refractivity contribution in [2.45, 2.75) is 32.7 Å². The number of hydrogen-bond acceptors (Lipinski definition) is 3. The summed E-state index contributed by atoms with van der Waals surface area (Å²) in [6.07, 6.45) is 1.53. The second kappa shape index (κ2) is 5.95. The molecule has 0 radical (unpaired) electrons. The van der Waals surface area contributed by atoms with Gasteiger partial charge in [0, 0.05) is 19.1 Å². The SMILES string of the molecule is Cc1cc(C(=O)N2CCC(n3c(=O)[nH]c4ccccc43)CC2)c(C)o1. The van der Waals surface area contributed by atoms with E-state index in [1.807, 2.05) is 47.6 Å². The maximum Gasteiger partial charge on any atom is 0.326 e. The number of amides is 1. The van der Waals surface area contributed by atoms with Gasteiger partial charge in [-0.1, -0.05) is 12.1 Å². The van der Waals surface area contributed by atoms with Crippen molar-refractivity contribution >= 4 is 16.9 Å². The van der Waals surface area contributed by atoms with E-state index >= 15 is 0 Å². The molecule has 1 N–H and O–H groups in total. The summed E-state index contributed by atoms with van der Waals surface area (Å²) in [5, 5.41) is 0. The summed E-state index contributed by atoms with van der Waals surface area (Å²) in [5.74, 6) is 1.43. The first-order chi connectivity index (χ1) is 12.0. The standard InChI is InChI=1S/C19H21N3O3/c1-12-11-15(13(2)25-12)18(23)21-9-7-14(8-10-21)22-17-6-4-3-5-16(17)20-19(22)24/h3-6,11,14H,7-10H2,1-2H3,(H,20,24). The topological polar surface area (TPSA) is 71.2 Å². The number of aromatic nitrogens is 2. The van der Waals surface area contributed by atoms with Crippen LogP contribution < -0.4 is 5.69 Å². The van der Waals surface area contributed by atoms with Crippen LogP contribution in [0.1, 0.15) is 40.8 Å². The van der Waals surface area contributed by atoms with Gasteiger partial charge in [-0.25, -0.2) is 4.79 Å². The normalized spacial score (nSPS) is 15.8. The number of H-pyrrole nitrogens is 1. The number of carbonyl (C=O) groups is 1. The zero-order chi connectivity index (χ0) is 17.6. The van der Waals surface area contributed by atoms with Crippen molar-refractivity contribution in [1.29, 1.82) is 0 Å². The van der Waals surface area contributed by atoms with Gasteiger partial charge in [0.05, 0.1) is 16.6 Å². The van der Waals surface area contributed by atoms with Gasteiger partial charge in [-0.2, -0.15) is 0 Å². The number of fused-ring (bicyclic) bond motifs is 1. The van der Waals surface area contributed by atoms with Gasteiger partial charge in [0.2, 0.25) is 0 Å². The highest BCUT2D eigenvalue weighted by Crippen LogP contribution is 2.26. The smallest absolute Gasteiger partial charge is 0.326 e. The number of benzene rings is 1. The maximum atomic E-state index is 12.7. The minimum Gasteiger partial charge on any atom is -0.466 e. The first-order valence-corrected chi connectivity index (χ1v) is 8.60. The number of furan rings is 1. The molecule has 1 aromatic carbocycles. The van der Waals surface area contributed by atoms with Crippen LogP contribution in [0.25, 0.3) is 11.0 Å². The van der Waals surface area contributed by atoms with E-state index in [1.165, 1.54) is 0 Å². The Morgan fingerprint density at radius 2 is 1.92 bits per heavy atom. The van der Waals surface area contributed by atoms with Crippen molar-refractivity contribution in [1.82, 2.24) is 14.5 Å². The third kappa shape index (κ3) is 2.67. The average Bonchev–Trinajstić information content (AvgIpc) is 3.12. The quantitative estimate of drug-likeness (QED) is 0.780.